The highest BCUT2D eigenvalue weighted by molar-refractivity contribution is 5.57. The van der Waals surface area contributed by atoms with Gasteiger partial charge in [-0.05, 0) is 18.1 Å². The normalized spacial score (nSPS) is 14.3. The Labute approximate surface area is 97.3 Å². The minimum absolute atomic E-state index is 0.196. The molecule has 0 radical (unpaired) electrons. The molecule has 0 aliphatic carbocycles. The first-order valence-electron chi connectivity index (χ1n) is 5.02. The third-order valence-electron chi connectivity index (χ3n) is 2.51. The first-order chi connectivity index (χ1) is 7.88. The van der Waals surface area contributed by atoms with Gasteiger partial charge in [-0.15, -0.1) is 0 Å². The second-order valence-corrected chi connectivity index (χ2v) is 3.67. The zero-order chi connectivity index (χ0) is 13.2. The Morgan fingerprint density at radius 3 is 2.53 bits per heavy atom. The molecule has 0 amide bonds. The van der Waals surface area contributed by atoms with Crippen LogP contribution in [0.25, 0.3) is 0 Å². The smallest absolute Gasteiger partial charge is 0.314 e. The van der Waals surface area contributed by atoms with Gasteiger partial charge in [0.05, 0.1) is 17.1 Å². The Kier molecular flexibility index (Phi) is 3.87. The minimum atomic E-state index is -0.876. The van der Waals surface area contributed by atoms with Gasteiger partial charge in [-0.1, -0.05) is 6.92 Å². The van der Waals surface area contributed by atoms with E-state index in [4.69, 9.17) is 5.73 Å². The Balaban J connectivity index is 3.23. The Bertz CT molecular complexity index is 435. The van der Waals surface area contributed by atoms with Crippen LogP contribution in [0.3, 0.4) is 0 Å². The van der Waals surface area contributed by atoms with Crippen molar-refractivity contribution < 1.29 is 20.2 Å². The lowest BCUT2D eigenvalue weighted by Gasteiger charge is -2.17. The van der Waals surface area contributed by atoms with Crippen molar-refractivity contribution in [3.05, 3.63) is 27.8 Å². The minimum Gasteiger partial charge on any atom is -0.504 e. The SMILES string of the molecule is CC[C@@H](O)[C@@H](N)c1cc(O)c(O)c([N+](=O)[O-])c1. The highest BCUT2D eigenvalue weighted by atomic mass is 16.6. The highest BCUT2D eigenvalue weighted by Gasteiger charge is 2.23. The van der Waals surface area contributed by atoms with Crippen LogP contribution in [0.4, 0.5) is 5.69 Å². The summed E-state index contributed by atoms with van der Waals surface area (Å²) >= 11 is 0. The third kappa shape index (κ3) is 2.63. The van der Waals surface area contributed by atoms with Gasteiger partial charge in [0, 0.05) is 6.07 Å². The largest absolute Gasteiger partial charge is 0.504 e. The molecule has 0 aliphatic heterocycles. The number of hydrogen-bond acceptors (Lipinski definition) is 6. The van der Waals surface area contributed by atoms with Gasteiger partial charge in [0.15, 0.2) is 5.75 Å². The fourth-order valence-electron chi connectivity index (χ4n) is 1.43. The molecular formula is C10H14N2O5. The number of rotatable bonds is 4. The number of nitro groups is 1. The molecule has 0 aromatic heterocycles. The summed E-state index contributed by atoms with van der Waals surface area (Å²) in [4.78, 5) is 9.79. The average Bonchev–Trinajstić information content (AvgIpc) is 2.30. The van der Waals surface area contributed by atoms with Crippen molar-refractivity contribution in [3.63, 3.8) is 0 Å². The topological polar surface area (TPSA) is 130 Å². The monoisotopic (exact) mass is 242 g/mol. The van der Waals surface area contributed by atoms with Crippen LogP contribution in [-0.2, 0) is 0 Å². The molecule has 2 atom stereocenters. The molecule has 0 bridgehead atoms. The van der Waals surface area contributed by atoms with Crippen molar-refractivity contribution in [2.75, 3.05) is 0 Å². The van der Waals surface area contributed by atoms with Crippen molar-refractivity contribution in [2.24, 2.45) is 5.73 Å². The lowest BCUT2D eigenvalue weighted by Crippen LogP contribution is -2.25. The van der Waals surface area contributed by atoms with Crippen LogP contribution in [0, 0.1) is 10.1 Å². The van der Waals surface area contributed by atoms with E-state index in [1.165, 1.54) is 0 Å². The molecule has 0 saturated heterocycles. The molecule has 0 fully saturated rings. The van der Waals surface area contributed by atoms with Gasteiger partial charge in [0.25, 0.3) is 0 Å². The maximum atomic E-state index is 10.6. The van der Waals surface area contributed by atoms with E-state index in [2.05, 4.69) is 0 Å². The average molecular weight is 242 g/mol. The molecule has 17 heavy (non-hydrogen) atoms. The zero-order valence-electron chi connectivity index (χ0n) is 9.20. The predicted octanol–water partition coefficient (Wildman–Crippen LogP) is 0.777. The Hall–Kier alpha value is -1.86. The maximum Gasteiger partial charge on any atom is 0.314 e. The van der Waals surface area contributed by atoms with E-state index in [0.29, 0.717) is 6.42 Å². The standard InChI is InChI=1S/C10H14N2O5/c1-2-7(13)9(11)5-3-6(12(16)17)10(15)8(14)4-5/h3-4,7,9,13-15H,2,11H2,1H3/t7-,9+/m1/s1. The fraction of sp³-hybridized carbons (Fsp3) is 0.400. The Morgan fingerprint density at radius 2 is 2.06 bits per heavy atom. The van der Waals surface area contributed by atoms with E-state index in [0.717, 1.165) is 12.1 Å². The number of aliphatic hydroxyl groups excluding tert-OH is 1. The molecule has 7 nitrogen and oxygen atoms in total. The van der Waals surface area contributed by atoms with Crippen LogP contribution >= 0.6 is 0 Å². The number of hydrogen-bond donors (Lipinski definition) is 4. The molecule has 0 unspecified atom stereocenters. The quantitative estimate of drug-likeness (QED) is 0.350. The number of aliphatic hydroxyl groups is 1. The van der Waals surface area contributed by atoms with Crippen LogP contribution in [0.5, 0.6) is 11.5 Å². The second kappa shape index (κ2) is 4.98. The van der Waals surface area contributed by atoms with Crippen molar-refractivity contribution in [1.82, 2.24) is 0 Å². The van der Waals surface area contributed by atoms with Crippen molar-refractivity contribution >= 4 is 5.69 Å². The number of nitrogens with zero attached hydrogens (tertiary/aromatic N) is 1. The van der Waals surface area contributed by atoms with Crippen LogP contribution in [-0.4, -0.2) is 26.3 Å². The maximum absolute atomic E-state index is 10.6. The van der Waals surface area contributed by atoms with Gasteiger partial charge in [0.1, 0.15) is 0 Å². The summed E-state index contributed by atoms with van der Waals surface area (Å²) in [5.41, 5.74) is 5.23. The fourth-order valence-corrected chi connectivity index (χ4v) is 1.43. The summed E-state index contributed by atoms with van der Waals surface area (Å²) < 4.78 is 0. The van der Waals surface area contributed by atoms with Gasteiger partial charge in [-0.25, -0.2) is 0 Å². The first-order valence-corrected chi connectivity index (χ1v) is 5.02. The van der Waals surface area contributed by atoms with E-state index in [-0.39, 0.29) is 5.56 Å². The van der Waals surface area contributed by atoms with Gasteiger partial charge in [-0.2, -0.15) is 0 Å². The van der Waals surface area contributed by atoms with E-state index < -0.39 is 34.3 Å². The molecule has 1 aromatic carbocycles. The molecule has 0 spiro atoms. The van der Waals surface area contributed by atoms with E-state index >= 15 is 0 Å². The van der Waals surface area contributed by atoms with Crippen molar-refractivity contribution in [1.29, 1.82) is 0 Å². The number of nitro benzene ring substituents is 1. The zero-order valence-corrected chi connectivity index (χ0v) is 9.20. The number of aromatic hydroxyl groups is 2. The summed E-state index contributed by atoms with van der Waals surface area (Å²) in [6.07, 6.45) is -0.505. The number of phenols is 2. The predicted molar refractivity (Wildman–Crippen MR) is 59.7 cm³/mol. The van der Waals surface area contributed by atoms with Gasteiger partial charge in [-0.3, -0.25) is 10.1 Å². The molecular weight excluding hydrogens is 228 g/mol. The molecule has 1 rings (SSSR count). The molecule has 94 valence electrons. The van der Waals surface area contributed by atoms with Crippen molar-refractivity contribution in [3.8, 4) is 11.5 Å². The molecule has 5 N–H and O–H groups in total. The van der Waals surface area contributed by atoms with Crippen LogP contribution < -0.4 is 5.73 Å². The van der Waals surface area contributed by atoms with Crippen LogP contribution in [0.2, 0.25) is 0 Å². The summed E-state index contributed by atoms with van der Waals surface area (Å²) in [7, 11) is 0. The number of benzene rings is 1. The van der Waals surface area contributed by atoms with E-state index in [1.54, 1.807) is 6.92 Å². The molecule has 0 aliphatic rings. The number of phenolic OH excluding ortho intramolecular Hbond substituents is 2. The third-order valence-corrected chi connectivity index (χ3v) is 2.51. The van der Waals surface area contributed by atoms with Crippen LogP contribution in [0.1, 0.15) is 24.9 Å². The molecule has 7 heteroatoms. The highest BCUT2D eigenvalue weighted by Crippen LogP contribution is 2.37. The Morgan fingerprint density at radius 1 is 1.47 bits per heavy atom. The molecule has 1 aromatic rings. The lowest BCUT2D eigenvalue weighted by atomic mass is 9.99. The second-order valence-electron chi connectivity index (χ2n) is 3.67. The van der Waals surface area contributed by atoms with Crippen molar-refractivity contribution in [2.45, 2.75) is 25.5 Å². The summed E-state index contributed by atoms with van der Waals surface area (Å²) in [6.45, 7) is 1.71. The summed E-state index contributed by atoms with van der Waals surface area (Å²) in [5.74, 6) is -1.44. The summed E-state index contributed by atoms with van der Waals surface area (Å²) in [5, 5.41) is 38.8. The first kappa shape index (κ1) is 13.2. The van der Waals surface area contributed by atoms with Crippen LogP contribution in [0.15, 0.2) is 12.1 Å². The van der Waals surface area contributed by atoms with E-state index in [1.807, 2.05) is 0 Å². The number of nitrogens with two attached hydrogens (primary N) is 1. The molecule has 0 heterocycles. The summed E-state index contributed by atoms with van der Waals surface area (Å²) in [6, 6.07) is 1.29. The van der Waals surface area contributed by atoms with Gasteiger partial charge in [0.2, 0.25) is 5.75 Å². The van der Waals surface area contributed by atoms with Gasteiger partial charge >= 0.3 is 5.69 Å². The van der Waals surface area contributed by atoms with E-state index in [9.17, 15) is 25.4 Å². The molecule has 0 saturated carbocycles. The van der Waals surface area contributed by atoms with Gasteiger partial charge < -0.3 is 21.1 Å². The lowest BCUT2D eigenvalue weighted by molar-refractivity contribution is -0.386.